The molecule has 1 aromatic carbocycles. The topological polar surface area (TPSA) is 12.0 Å². The second-order valence-corrected chi connectivity index (χ2v) is 5.79. The second-order valence-electron chi connectivity index (χ2n) is 5.79. The highest BCUT2D eigenvalue weighted by molar-refractivity contribution is 5.19. The van der Waals surface area contributed by atoms with E-state index >= 15 is 0 Å². The number of halogens is 3. The van der Waals surface area contributed by atoms with Crippen molar-refractivity contribution in [1.82, 2.24) is 5.32 Å². The predicted molar refractivity (Wildman–Crippen MR) is 73.8 cm³/mol. The molecular formula is C16H22F3N. The monoisotopic (exact) mass is 285 g/mol. The fraction of sp³-hybridized carbons (Fsp3) is 0.625. The summed E-state index contributed by atoms with van der Waals surface area (Å²) in [5.41, 5.74) is 0.446. The molecule has 0 spiro atoms. The molecule has 2 rings (SSSR count). The van der Waals surface area contributed by atoms with Crippen LogP contribution in [-0.2, 0) is 6.54 Å². The van der Waals surface area contributed by atoms with Crippen LogP contribution >= 0.6 is 0 Å². The summed E-state index contributed by atoms with van der Waals surface area (Å²) in [5.74, 6) is -3.02. The highest BCUT2D eigenvalue weighted by Gasteiger charge is 2.19. The first-order valence-corrected chi connectivity index (χ1v) is 7.44. The zero-order valence-electron chi connectivity index (χ0n) is 11.9. The van der Waals surface area contributed by atoms with Crippen LogP contribution in [0.4, 0.5) is 13.2 Å². The minimum atomic E-state index is -1.40. The van der Waals surface area contributed by atoms with E-state index in [2.05, 4.69) is 12.2 Å². The van der Waals surface area contributed by atoms with E-state index in [9.17, 15) is 13.2 Å². The maximum Gasteiger partial charge on any atom is 0.194 e. The van der Waals surface area contributed by atoms with Gasteiger partial charge in [0, 0.05) is 12.6 Å². The Morgan fingerprint density at radius 3 is 2.15 bits per heavy atom. The quantitative estimate of drug-likeness (QED) is 0.632. The molecule has 112 valence electrons. The third-order valence-corrected chi connectivity index (χ3v) is 4.28. The van der Waals surface area contributed by atoms with Crippen molar-refractivity contribution >= 4 is 0 Å². The Labute approximate surface area is 118 Å². The fourth-order valence-electron chi connectivity index (χ4n) is 2.97. The summed E-state index contributed by atoms with van der Waals surface area (Å²) in [7, 11) is 0. The molecule has 1 fully saturated rings. The van der Waals surface area contributed by atoms with Crippen LogP contribution in [0.15, 0.2) is 12.1 Å². The summed E-state index contributed by atoms with van der Waals surface area (Å²) in [5, 5.41) is 3.31. The van der Waals surface area contributed by atoms with Gasteiger partial charge in [0.15, 0.2) is 17.5 Å². The smallest absolute Gasteiger partial charge is 0.194 e. The van der Waals surface area contributed by atoms with Crippen molar-refractivity contribution < 1.29 is 13.2 Å². The molecule has 1 nitrogen and oxygen atoms in total. The molecule has 0 radical (unpaired) electrons. The van der Waals surface area contributed by atoms with Crippen LogP contribution in [0.25, 0.3) is 0 Å². The SMILES string of the molecule is C[C@H](NCc1cc(F)c(F)c(F)c1)C1CCCCCC1. The summed E-state index contributed by atoms with van der Waals surface area (Å²) in [4.78, 5) is 0. The van der Waals surface area contributed by atoms with Gasteiger partial charge in [-0.15, -0.1) is 0 Å². The molecule has 1 aromatic rings. The summed E-state index contributed by atoms with van der Waals surface area (Å²) in [6.07, 6.45) is 7.54. The first-order chi connectivity index (χ1) is 9.58. The molecule has 1 N–H and O–H groups in total. The van der Waals surface area contributed by atoms with Crippen molar-refractivity contribution in [2.45, 2.75) is 58.0 Å². The molecule has 1 aliphatic rings. The molecule has 20 heavy (non-hydrogen) atoms. The molecule has 4 heteroatoms. The van der Waals surface area contributed by atoms with Crippen LogP contribution in [-0.4, -0.2) is 6.04 Å². The highest BCUT2D eigenvalue weighted by Crippen LogP contribution is 2.25. The van der Waals surface area contributed by atoms with Crippen molar-refractivity contribution in [3.63, 3.8) is 0 Å². The fourth-order valence-corrected chi connectivity index (χ4v) is 2.97. The van der Waals surface area contributed by atoms with Gasteiger partial charge in [0.05, 0.1) is 0 Å². The van der Waals surface area contributed by atoms with E-state index in [1.54, 1.807) is 0 Å². The lowest BCUT2D eigenvalue weighted by atomic mass is 9.93. The molecule has 0 aliphatic heterocycles. The lowest BCUT2D eigenvalue weighted by Crippen LogP contribution is -2.33. The Morgan fingerprint density at radius 2 is 1.60 bits per heavy atom. The van der Waals surface area contributed by atoms with Crippen LogP contribution in [0.2, 0.25) is 0 Å². The van der Waals surface area contributed by atoms with Gasteiger partial charge in [-0.3, -0.25) is 0 Å². The van der Waals surface area contributed by atoms with Crippen molar-refractivity contribution in [3.05, 3.63) is 35.1 Å². The van der Waals surface area contributed by atoms with E-state index < -0.39 is 17.5 Å². The minimum absolute atomic E-state index is 0.310. The summed E-state index contributed by atoms with van der Waals surface area (Å²) in [6, 6.07) is 2.43. The number of nitrogens with one attached hydrogen (secondary N) is 1. The molecule has 0 aromatic heterocycles. The lowest BCUT2D eigenvalue weighted by molar-refractivity contribution is 0.336. The van der Waals surface area contributed by atoms with Gasteiger partial charge in [0.2, 0.25) is 0 Å². The first-order valence-electron chi connectivity index (χ1n) is 7.44. The molecule has 0 saturated heterocycles. The molecule has 0 bridgehead atoms. The van der Waals surface area contributed by atoms with Crippen molar-refractivity contribution in [2.24, 2.45) is 5.92 Å². The number of rotatable bonds is 4. The Hall–Kier alpha value is -1.03. The molecule has 1 aliphatic carbocycles. The van der Waals surface area contributed by atoms with Crippen molar-refractivity contribution in [2.75, 3.05) is 0 Å². The predicted octanol–water partition coefficient (Wildman–Crippen LogP) is 4.55. The molecule has 1 saturated carbocycles. The maximum absolute atomic E-state index is 13.1. The molecule has 0 amide bonds. The number of hydrogen-bond acceptors (Lipinski definition) is 1. The van der Waals surface area contributed by atoms with Crippen molar-refractivity contribution in [1.29, 1.82) is 0 Å². The van der Waals surface area contributed by atoms with Crippen molar-refractivity contribution in [3.8, 4) is 0 Å². The summed E-state index contributed by atoms with van der Waals surface area (Å²) < 4.78 is 39.1. The minimum Gasteiger partial charge on any atom is -0.310 e. The second kappa shape index (κ2) is 7.11. The van der Waals surface area contributed by atoms with E-state index in [0.717, 1.165) is 12.1 Å². The van der Waals surface area contributed by atoms with Crippen LogP contribution in [0.1, 0.15) is 51.0 Å². The normalized spacial score (nSPS) is 18.8. The van der Waals surface area contributed by atoms with E-state index in [1.807, 2.05) is 0 Å². The van der Waals surface area contributed by atoms with Gasteiger partial charge in [-0.05, 0) is 43.4 Å². The maximum atomic E-state index is 13.1. The van der Waals surface area contributed by atoms with Gasteiger partial charge >= 0.3 is 0 Å². The highest BCUT2D eigenvalue weighted by atomic mass is 19.2. The van der Waals surface area contributed by atoms with Gasteiger partial charge in [-0.25, -0.2) is 13.2 Å². The average molecular weight is 285 g/mol. The lowest BCUT2D eigenvalue weighted by Gasteiger charge is -2.23. The zero-order valence-corrected chi connectivity index (χ0v) is 11.9. The molecule has 1 atom stereocenters. The molecular weight excluding hydrogens is 263 g/mol. The van der Waals surface area contributed by atoms with Gasteiger partial charge in [-0.2, -0.15) is 0 Å². The van der Waals surface area contributed by atoms with E-state index in [-0.39, 0.29) is 0 Å². The van der Waals surface area contributed by atoms with E-state index in [4.69, 9.17) is 0 Å². The van der Waals surface area contributed by atoms with Crippen LogP contribution < -0.4 is 5.32 Å². The van der Waals surface area contributed by atoms with Crippen LogP contribution in [0.5, 0.6) is 0 Å². The van der Waals surface area contributed by atoms with Gasteiger partial charge in [0.1, 0.15) is 0 Å². The third-order valence-electron chi connectivity index (χ3n) is 4.28. The number of hydrogen-bond donors (Lipinski definition) is 1. The Bertz CT molecular complexity index is 416. The Morgan fingerprint density at radius 1 is 1.05 bits per heavy atom. The Balaban J connectivity index is 1.90. The van der Waals surface area contributed by atoms with Gasteiger partial charge in [0.25, 0.3) is 0 Å². The van der Waals surface area contributed by atoms with E-state index in [1.165, 1.54) is 38.5 Å². The standard InChI is InChI=1S/C16H22F3N/c1-11(13-6-4-2-3-5-7-13)20-10-12-8-14(17)16(19)15(18)9-12/h8-9,11,13,20H,2-7,10H2,1H3/t11-/m0/s1. The third kappa shape index (κ3) is 3.98. The summed E-state index contributed by atoms with van der Waals surface area (Å²) in [6.45, 7) is 2.48. The largest absolute Gasteiger partial charge is 0.310 e. The number of benzene rings is 1. The first kappa shape index (κ1) is 15.4. The molecule has 0 unspecified atom stereocenters. The van der Waals surface area contributed by atoms with Crippen LogP contribution in [0.3, 0.4) is 0 Å². The molecule has 0 heterocycles. The Kier molecular flexibility index (Phi) is 5.46. The van der Waals surface area contributed by atoms with Crippen LogP contribution in [0, 0.1) is 23.4 Å². The summed E-state index contributed by atoms with van der Waals surface area (Å²) >= 11 is 0. The van der Waals surface area contributed by atoms with E-state index in [0.29, 0.717) is 24.1 Å². The van der Waals surface area contributed by atoms with Gasteiger partial charge < -0.3 is 5.32 Å². The van der Waals surface area contributed by atoms with Gasteiger partial charge in [-0.1, -0.05) is 25.7 Å². The average Bonchev–Trinajstić information content (AvgIpc) is 2.71. The zero-order chi connectivity index (χ0) is 14.5.